The lowest BCUT2D eigenvalue weighted by Crippen LogP contribution is -2.31. The minimum atomic E-state index is 0.862. The number of pyridine rings is 1. The zero-order chi connectivity index (χ0) is 13.2. The molecule has 0 saturated carbocycles. The number of hydrogen-bond acceptors (Lipinski definition) is 4. The molecule has 0 radical (unpaired) electrons. The van der Waals surface area contributed by atoms with Gasteiger partial charge in [0.05, 0.1) is 5.69 Å². The maximum Gasteiger partial charge on any atom is 0.125 e. The van der Waals surface area contributed by atoms with E-state index in [4.69, 9.17) is 0 Å². The van der Waals surface area contributed by atoms with Crippen LogP contribution in [0, 0.1) is 6.92 Å². The van der Waals surface area contributed by atoms with E-state index in [1.807, 2.05) is 25.3 Å². The molecule has 0 spiro atoms. The van der Waals surface area contributed by atoms with Crippen molar-refractivity contribution >= 4 is 15.9 Å². The van der Waals surface area contributed by atoms with Crippen molar-refractivity contribution < 1.29 is 0 Å². The van der Waals surface area contributed by atoms with E-state index in [2.05, 4.69) is 41.8 Å². The molecular weight excluding hydrogens is 304 g/mol. The van der Waals surface area contributed by atoms with Gasteiger partial charge in [-0.05, 0) is 35.0 Å². The first-order chi connectivity index (χ1) is 9.20. The monoisotopic (exact) mass is 318 g/mol. The van der Waals surface area contributed by atoms with Crippen LogP contribution in [0.3, 0.4) is 0 Å². The second kappa shape index (κ2) is 5.35. The topological polar surface area (TPSA) is 41.9 Å². The van der Waals surface area contributed by atoms with Crippen LogP contribution in [0.4, 0.5) is 0 Å². The normalized spacial score (nSPS) is 15.3. The van der Waals surface area contributed by atoms with Crippen molar-refractivity contribution in [1.82, 2.24) is 19.9 Å². The molecule has 0 atom stereocenters. The third-order valence-electron chi connectivity index (χ3n) is 3.29. The molecule has 0 N–H and O–H groups in total. The lowest BCUT2D eigenvalue weighted by atomic mass is 10.1. The first-order valence-electron chi connectivity index (χ1n) is 6.36. The molecule has 2 aromatic heterocycles. The van der Waals surface area contributed by atoms with Crippen molar-refractivity contribution in [1.29, 1.82) is 0 Å². The van der Waals surface area contributed by atoms with E-state index < -0.39 is 0 Å². The summed E-state index contributed by atoms with van der Waals surface area (Å²) in [6.45, 7) is 4.74. The second-order valence-electron chi connectivity index (χ2n) is 4.80. The molecule has 1 aliphatic rings. The quantitative estimate of drug-likeness (QED) is 0.798. The highest BCUT2D eigenvalue weighted by atomic mass is 79.9. The summed E-state index contributed by atoms with van der Waals surface area (Å²) in [5, 5.41) is 0. The standard InChI is InChI=1S/C14H15BrN4/c1-10-16-7-11-8-19(6-5-13(11)17-10)9-12-3-2-4-14(15)18-12/h2-4,7H,5-6,8-9H2,1H3. The van der Waals surface area contributed by atoms with Gasteiger partial charge in [0.1, 0.15) is 10.4 Å². The van der Waals surface area contributed by atoms with Crippen LogP contribution < -0.4 is 0 Å². The Morgan fingerprint density at radius 2 is 2.21 bits per heavy atom. The number of fused-ring (bicyclic) bond motifs is 1. The van der Waals surface area contributed by atoms with Crippen LogP contribution in [0.15, 0.2) is 29.0 Å². The van der Waals surface area contributed by atoms with Gasteiger partial charge >= 0.3 is 0 Å². The summed E-state index contributed by atoms with van der Waals surface area (Å²) in [6.07, 6.45) is 2.95. The predicted molar refractivity (Wildman–Crippen MR) is 76.5 cm³/mol. The average molecular weight is 319 g/mol. The molecule has 5 heteroatoms. The Hall–Kier alpha value is -1.33. The van der Waals surface area contributed by atoms with Crippen LogP contribution in [0.1, 0.15) is 22.8 Å². The smallest absolute Gasteiger partial charge is 0.125 e. The summed E-state index contributed by atoms with van der Waals surface area (Å²) < 4.78 is 0.890. The van der Waals surface area contributed by atoms with Crippen LogP contribution in [0.2, 0.25) is 0 Å². The van der Waals surface area contributed by atoms with Crippen molar-refractivity contribution in [3.8, 4) is 0 Å². The van der Waals surface area contributed by atoms with Gasteiger partial charge in [0.2, 0.25) is 0 Å². The molecule has 0 unspecified atom stereocenters. The summed E-state index contributed by atoms with van der Waals surface area (Å²) in [7, 11) is 0. The molecule has 0 aromatic carbocycles. The van der Waals surface area contributed by atoms with Gasteiger partial charge in [0.25, 0.3) is 0 Å². The van der Waals surface area contributed by atoms with Gasteiger partial charge in [-0.25, -0.2) is 15.0 Å². The maximum atomic E-state index is 4.51. The lowest BCUT2D eigenvalue weighted by molar-refractivity contribution is 0.239. The Bertz CT molecular complexity index is 600. The minimum Gasteiger partial charge on any atom is -0.293 e. The number of nitrogens with zero attached hydrogens (tertiary/aromatic N) is 4. The Kier molecular flexibility index (Phi) is 3.57. The molecule has 1 aliphatic heterocycles. The molecule has 0 saturated heterocycles. The van der Waals surface area contributed by atoms with Gasteiger partial charge in [0, 0.05) is 43.5 Å². The highest BCUT2D eigenvalue weighted by Crippen LogP contribution is 2.18. The molecule has 0 aliphatic carbocycles. The van der Waals surface area contributed by atoms with Gasteiger partial charge < -0.3 is 0 Å². The van der Waals surface area contributed by atoms with Crippen LogP contribution in [0.5, 0.6) is 0 Å². The number of hydrogen-bond donors (Lipinski definition) is 0. The zero-order valence-electron chi connectivity index (χ0n) is 10.8. The molecule has 0 fully saturated rings. The lowest BCUT2D eigenvalue weighted by Gasteiger charge is -2.27. The molecule has 19 heavy (non-hydrogen) atoms. The van der Waals surface area contributed by atoms with Crippen LogP contribution >= 0.6 is 15.9 Å². The zero-order valence-corrected chi connectivity index (χ0v) is 12.4. The van der Waals surface area contributed by atoms with Gasteiger partial charge in [-0.3, -0.25) is 4.90 Å². The predicted octanol–water partition coefficient (Wildman–Crippen LogP) is 2.50. The summed E-state index contributed by atoms with van der Waals surface area (Å²) in [4.78, 5) is 15.7. The molecule has 3 heterocycles. The van der Waals surface area contributed by atoms with E-state index >= 15 is 0 Å². The Morgan fingerprint density at radius 3 is 3.05 bits per heavy atom. The molecule has 4 nitrogen and oxygen atoms in total. The number of halogens is 1. The molecule has 0 bridgehead atoms. The fourth-order valence-corrected chi connectivity index (χ4v) is 2.76. The van der Waals surface area contributed by atoms with Gasteiger partial charge in [0.15, 0.2) is 0 Å². The SMILES string of the molecule is Cc1ncc2c(n1)CCN(Cc1cccc(Br)n1)C2. The van der Waals surface area contributed by atoms with Crippen molar-refractivity contribution in [3.63, 3.8) is 0 Å². The van der Waals surface area contributed by atoms with Gasteiger partial charge in [-0.1, -0.05) is 6.07 Å². The van der Waals surface area contributed by atoms with E-state index in [0.717, 1.165) is 42.2 Å². The van der Waals surface area contributed by atoms with E-state index in [0.29, 0.717) is 0 Å². The molecule has 2 aromatic rings. The van der Waals surface area contributed by atoms with Crippen molar-refractivity contribution in [2.45, 2.75) is 26.4 Å². The fourth-order valence-electron chi connectivity index (χ4n) is 2.38. The summed E-state index contributed by atoms with van der Waals surface area (Å²) in [5.41, 5.74) is 3.53. The Labute approximate surface area is 121 Å². The summed E-state index contributed by atoms with van der Waals surface area (Å²) >= 11 is 3.41. The fraction of sp³-hybridized carbons (Fsp3) is 0.357. The van der Waals surface area contributed by atoms with Crippen LogP contribution in [0.25, 0.3) is 0 Å². The van der Waals surface area contributed by atoms with E-state index in [1.54, 1.807) is 0 Å². The van der Waals surface area contributed by atoms with Crippen molar-refractivity contribution in [2.75, 3.05) is 6.54 Å². The molecular formula is C14H15BrN4. The number of rotatable bonds is 2. The first kappa shape index (κ1) is 12.7. The van der Waals surface area contributed by atoms with E-state index in [9.17, 15) is 0 Å². The average Bonchev–Trinajstić information content (AvgIpc) is 2.39. The Balaban J connectivity index is 1.74. The highest BCUT2D eigenvalue weighted by Gasteiger charge is 2.18. The van der Waals surface area contributed by atoms with Gasteiger partial charge in [-0.2, -0.15) is 0 Å². The van der Waals surface area contributed by atoms with Crippen molar-refractivity contribution in [2.24, 2.45) is 0 Å². The molecule has 98 valence electrons. The second-order valence-corrected chi connectivity index (χ2v) is 5.61. The number of aromatic nitrogens is 3. The molecule has 0 amide bonds. The Morgan fingerprint density at radius 1 is 1.32 bits per heavy atom. The number of aryl methyl sites for hydroxylation is 1. The third kappa shape index (κ3) is 2.98. The highest BCUT2D eigenvalue weighted by molar-refractivity contribution is 9.10. The van der Waals surface area contributed by atoms with Crippen LogP contribution in [-0.4, -0.2) is 26.4 Å². The largest absolute Gasteiger partial charge is 0.293 e. The third-order valence-corrected chi connectivity index (χ3v) is 3.73. The maximum absolute atomic E-state index is 4.51. The van der Waals surface area contributed by atoms with E-state index in [1.165, 1.54) is 11.3 Å². The van der Waals surface area contributed by atoms with Crippen molar-refractivity contribution in [3.05, 3.63) is 51.8 Å². The van der Waals surface area contributed by atoms with Gasteiger partial charge in [-0.15, -0.1) is 0 Å². The summed E-state index contributed by atoms with van der Waals surface area (Å²) in [6, 6.07) is 6.04. The first-order valence-corrected chi connectivity index (χ1v) is 7.15. The van der Waals surface area contributed by atoms with Crippen LogP contribution in [-0.2, 0) is 19.5 Å². The minimum absolute atomic E-state index is 0.862. The summed E-state index contributed by atoms with van der Waals surface area (Å²) in [5.74, 6) is 0.862. The molecule has 3 rings (SSSR count). The van der Waals surface area contributed by atoms with E-state index in [-0.39, 0.29) is 0 Å².